The molecule has 0 unspecified atom stereocenters. The van der Waals surface area contributed by atoms with Gasteiger partial charge in [0, 0.05) is 30.8 Å². The second kappa shape index (κ2) is 9.29. The lowest BCUT2D eigenvalue weighted by Crippen LogP contribution is -2.39. The van der Waals surface area contributed by atoms with Gasteiger partial charge in [0.25, 0.3) is 5.69 Å². The number of hydrogen-bond donors (Lipinski definition) is 1. The van der Waals surface area contributed by atoms with Crippen LogP contribution >= 0.6 is 11.6 Å². The molecule has 2 aromatic rings. The van der Waals surface area contributed by atoms with E-state index in [0.29, 0.717) is 18.7 Å². The molecule has 0 aliphatic carbocycles. The molecule has 27 heavy (non-hydrogen) atoms. The van der Waals surface area contributed by atoms with Gasteiger partial charge in [-0.25, -0.2) is 9.18 Å². The van der Waals surface area contributed by atoms with Crippen molar-refractivity contribution in [2.24, 2.45) is 0 Å². The van der Waals surface area contributed by atoms with E-state index in [1.54, 1.807) is 18.2 Å². The van der Waals surface area contributed by atoms with Gasteiger partial charge < -0.3 is 15.1 Å². The SMILES string of the molecule is CN(C)CCN(Cc1ccccc1F)C(=O)Nc1ccc([N+](=O)[O-])cc1Cl. The highest BCUT2D eigenvalue weighted by Gasteiger charge is 2.18. The second-order valence-electron chi connectivity index (χ2n) is 6.17. The third-order valence-electron chi connectivity index (χ3n) is 3.83. The van der Waals surface area contributed by atoms with Crippen LogP contribution in [0.3, 0.4) is 0 Å². The summed E-state index contributed by atoms with van der Waals surface area (Å²) < 4.78 is 14.0. The molecule has 2 rings (SSSR count). The molecule has 0 atom stereocenters. The van der Waals surface area contributed by atoms with E-state index < -0.39 is 16.8 Å². The molecule has 144 valence electrons. The fourth-order valence-corrected chi connectivity index (χ4v) is 2.54. The molecule has 0 saturated carbocycles. The molecule has 0 radical (unpaired) electrons. The maximum atomic E-state index is 14.0. The van der Waals surface area contributed by atoms with Gasteiger partial charge in [0.05, 0.1) is 22.2 Å². The Morgan fingerprint density at radius 3 is 2.52 bits per heavy atom. The van der Waals surface area contributed by atoms with Gasteiger partial charge in [-0.15, -0.1) is 0 Å². The number of nitro benzene ring substituents is 1. The predicted octanol–water partition coefficient (Wildman–Crippen LogP) is 3.98. The van der Waals surface area contributed by atoms with Crippen molar-refractivity contribution < 1.29 is 14.1 Å². The van der Waals surface area contributed by atoms with Gasteiger partial charge in [0.2, 0.25) is 0 Å². The summed E-state index contributed by atoms with van der Waals surface area (Å²) in [6, 6.07) is 9.55. The average Bonchev–Trinajstić information content (AvgIpc) is 2.61. The highest BCUT2D eigenvalue weighted by atomic mass is 35.5. The predicted molar refractivity (Wildman–Crippen MR) is 102 cm³/mol. The Kier molecular flexibility index (Phi) is 7.09. The normalized spacial score (nSPS) is 10.7. The molecular formula is C18H20ClFN4O3. The first-order valence-corrected chi connectivity index (χ1v) is 8.53. The summed E-state index contributed by atoms with van der Waals surface area (Å²) in [6.07, 6.45) is 0. The number of carbonyl (C=O) groups is 1. The van der Waals surface area contributed by atoms with E-state index in [0.717, 1.165) is 6.07 Å². The van der Waals surface area contributed by atoms with E-state index >= 15 is 0 Å². The number of anilines is 1. The van der Waals surface area contributed by atoms with Crippen molar-refractivity contribution in [2.75, 3.05) is 32.5 Å². The summed E-state index contributed by atoms with van der Waals surface area (Å²) in [5, 5.41) is 13.5. The summed E-state index contributed by atoms with van der Waals surface area (Å²) in [5.41, 5.74) is 0.464. The number of likely N-dealkylation sites (N-methyl/N-ethyl adjacent to an activating group) is 1. The Labute approximate surface area is 161 Å². The number of urea groups is 1. The molecule has 0 aromatic heterocycles. The third-order valence-corrected chi connectivity index (χ3v) is 4.14. The summed E-state index contributed by atoms with van der Waals surface area (Å²) in [6.45, 7) is 1.02. The highest BCUT2D eigenvalue weighted by Crippen LogP contribution is 2.27. The van der Waals surface area contributed by atoms with Gasteiger partial charge in [-0.1, -0.05) is 29.8 Å². The quantitative estimate of drug-likeness (QED) is 0.569. The first kappa shape index (κ1) is 20.6. The van der Waals surface area contributed by atoms with Gasteiger partial charge in [0.1, 0.15) is 5.82 Å². The molecule has 0 spiro atoms. The molecular weight excluding hydrogens is 375 g/mol. The van der Waals surface area contributed by atoms with Crippen molar-refractivity contribution in [1.29, 1.82) is 0 Å². The number of amides is 2. The van der Waals surface area contributed by atoms with E-state index in [1.165, 1.54) is 23.1 Å². The van der Waals surface area contributed by atoms with E-state index in [4.69, 9.17) is 11.6 Å². The average molecular weight is 395 g/mol. The zero-order chi connectivity index (χ0) is 20.0. The Hall–Kier alpha value is -2.71. The van der Waals surface area contributed by atoms with Gasteiger partial charge in [-0.3, -0.25) is 10.1 Å². The molecule has 0 bridgehead atoms. The monoisotopic (exact) mass is 394 g/mol. The number of benzene rings is 2. The number of non-ortho nitro benzene ring substituents is 1. The van der Waals surface area contributed by atoms with Crippen LogP contribution in [-0.4, -0.2) is 47.9 Å². The Morgan fingerprint density at radius 2 is 1.93 bits per heavy atom. The van der Waals surface area contributed by atoms with E-state index in [9.17, 15) is 19.3 Å². The van der Waals surface area contributed by atoms with E-state index in [1.807, 2.05) is 19.0 Å². The van der Waals surface area contributed by atoms with Crippen LogP contribution < -0.4 is 5.32 Å². The Balaban J connectivity index is 2.18. The van der Waals surface area contributed by atoms with Gasteiger partial charge in [0.15, 0.2) is 0 Å². The Morgan fingerprint density at radius 1 is 1.22 bits per heavy atom. The lowest BCUT2D eigenvalue weighted by atomic mass is 10.2. The number of carbonyl (C=O) groups excluding carboxylic acids is 1. The van der Waals surface area contributed by atoms with Crippen molar-refractivity contribution in [3.8, 4) is 0 Å². The third kappa shape index (κ3) is 5.90. The first-order chi connectivity index (χ1) is 12.8. The number of nitrogens with one attached hydrogen (secondary N) is 1. The maximum Gasteiger partial charge on any atom is 0.322 e. The van der Waals surface area contributed by atoms with Gasteiger partial charge >= 0.3 is 6.03 Å². The smallest absolute Gasteiger partial charge is 0.319 e. The van der Waals surface area contributed by atoms with Crippen LogP contribution in [0.4, 0.5) is 20.6 Å². The molecule has 0 fully saturated rings. The summed E-state index contributed by atoms with van der Waals surface area (Å²) in [4.78, 5) is 26.3. The number of halogens is 2. The fourth-order valence-electron chi connectivity index (χ4n) is 2.32. The van der Waals surface area contributed by atoms with Crippen molar-refractivity contribution in [3.05, 3.63) is 69.0 Å². The zero-order valence-corrected chi connectivity index (χ0v) is 15.7. The number of nitro groups is 1. The number of rotatable bonds is 7. The molecule has 0 saturated heterocycles. The van der Waals surface area contributed by atoms with E-state index in [-0.39, 0.29) is 22.9 Å². The lowest BCUT2D eigenvalue weighted by Gasteiger charge is -2.25. The maximum absolute atomic E-state index is 14.0. The number of hydrogen-bond acceptors (Lipinski definition) is 4. The van der Waals surface area contributed by atoms with Crippen molar-refractivity contribution in [1.82, 2.24) is 9.80 Å². The first-order valence-electron chi connectivity index (χ1n) is 8.16. The van der Waals surface area contributed by atoms with Gasteiger partial charge in [-0.05, 0) is 26.2 Å². The highest BCUT2D eigenvalue weighted by molar-refractivity contribution is 6.33. The topological polar surface area (TPSA) is 78.7 Å². The molecule has 2 aromatic carbocycles. The van der Waals surface area contributed by atoms with Crippen LogP contribution in [-0.2, 0) is 6.54 Å². The molecule has 9 heteroatoms. The fraction of sp³-hybridized carbons (Fsp3) is 0.278. The van der Waals surface area contributed by atoms with Crippen molar-refractivity contribution >= 4 is 29.0 Å². The van der Waals surface area contributed by atoms with Crippen molar-refractivity contribution in [3.63, 3.8) is 0 Å². The van der Waals surface area contributed by atoms with Crippen LogP contribution in [0.25, 0.3) is 0 Å². The minimum absolute atomic E-state index is 0.0519. The molecule has 7 nitrogen and oxygen atoms in total. The zero-order valence-electron chi connectivity index (χ0n) is 15.0. The second-order valence-corrected chi connectivity index (χ2v) is 6.57. The molecule has 1 N–H and O–H groups in total. The summed E-state index contributed by atoms with van der Waals surface area (Å²) in [7, 11) is 3.73. The molecule has 2 amide bonds. The molecule has 0 aliphatic heterocycles. The van der Waals surface area contributed by atoms with Crippen LogP contribution in [0.15, 0.2) is 42.5 Å². The van der Waals surface area contributed by atoms with Crippen LogP contribution in [0.5, 0.6) is 0 Å². The minimum Gasteiger partial charge on any atom is -0.319 e. The largest absolute Gasteiger partial charge is 0.322 e. The number of nitrogens with zero attached hydrogens (tertiary/aromatic N) is 3. The van der Waals surface area contributed by atoms with Crippen LogP contribution in [0.2, 0.25) is 5.02 Å². The molecule has 0 heterocycles. The lowest BCUT2D eigenvalue weighted by molar-refractivity contribution is -0.384. The summed E-state index contributed by atoms with van der Waals surface area (Å²) in [5.74, 6) is -0.395. The minimum atomic E-state index is -0.570. The van der Waals surface area contributed by atoms with Crippen molar-refractivity contribution in [2.45, 2.75) is 6.54 Å². The molecule has 0 aliphatic rings. The summed E-state index contributed by atoms with van der Waals surface area (Å²) >= 11 is 6.03. The standard InChI is InChI=1S/C18H20ClFN4O3/c1-22(2)9-10-23(12-13-5-3-4-6-16(13)20)18(25)21-17-8-7-14(24(26)27)11-15(17)19/h3-8,11H,9-10,12H2,1-2H3,(H,21,25). The van der Waals surface area contributed by atoms with E-state index in [2.05, 4.69) is 5.32 Å². The van der Waals surface area contributed by atoms with Crippen LogP contribution in [0.1, 0.15) is 5.56 Å². The van der Waals surface area contributed by atoms with Crippen LogP contribution in [0, 0.1) is 15.9 Å². The Bertz CT molecular complexity index is 832. The van der Waals surface area contributed by atoms with Gasteiger partial charge in [-0.2, -0.15) is 0 Å².